The van der Waals surface area contributed by atoms with Crippen LogP contribution >= 0.6 is 7.60 Å². The number of rotatable bonds is 9. The summed E-state index contributed by atoms with van der Waals surface area (Å²) in [4.78, 5) is 12.3. The molecule has 25 heavy (non-hydrogen) atoms. The predicted octanol–water partition coefficient (Wildman–Crippen LogP) is 4.27. The van der Waals surface area contributed by atoms with Crippen molar-refractivity contribution in [1.29, 1.82) is 0 Å². The number of hydrogen-bond donors (Lipinski definition) is 1. The maximum absolute atomic E-state index is 13.3. The quantitative estimate of drug-likeness (QED) is 0.516. The van der Waals surface area contributed by atoms with Gasteiger partial charge in [-0.15, -0.1) is 0 Å². The number of benzene rings is 1. The maximum atomic E-state index is 13.3. The van der Waals surface area contributed by atoms with Gasteiger partial charge in [0.2, 0.25) is 0 Å². The highest BCUT2D eigenvalue weighted by Crippen LogP contribution is 2.59. The van der Waals surface area contributed by atoms with Gasteiger partial charge < -0.3 is 13.8 Å². The Labute approximate surface area is 150 Å². The highest BCUT2D eigenvalue weighted by molar-refractivity contribution is 7.54. The molecule has 0 aromatic heterocycles. The molecule has 0 saturated carbocycles. The molecule has 0 fully saturated rings. The van der Waals surface area contributed by atoms with Crippen LogP contribution in [0.2, 0.25) is 0 Å². The van der Waals surface area contributed by atoms with Crippen LogP contribution in [0.1, 0.15) is 52.9 Å². The molecular weight excluding hydrogens is 341 g/mol. The van der Waals surface area contributed by atoms with Gasteiger partial charge in [0.25, 0.3) is 0 Å². The summed E-state index contributed by atoms with van der Waals surface area (Å²) in [6, 6.07) is 8.51. The summed E-state index contributed by atoms with van der Waals surface area (Å²) in [6.45, 7) is 11.1. The average molecular weight is 371 g/mol. The molecule has 0 aliphatic heterocycles. The van der Waals surface area contributed by atoms with E-state index < -0.39 is 31.0 Å². The molecule has 0 saturated heterocycles. The highest BCUT2D eigenvalue weighted by atomic mass is 31.2. The van der Waals surface area contributed by atoms with Crippen LogP contribution in [0.15, 0.2) is 30.3 Å². The number of ether oxygens (including phenoxy) is 1. The number of carbonyl (C=O) groups excluding carboxylic acids is 1. The van der Waals surface area contributed by atoms with Crippen molar-refractivity contribution in [3.63, 3.8) is 0 Å². The molecule has 0 radical (unpaired) electrons. The van der Waals surface area contributed by atoms with Gasteiger partial charge in [0.15, 0.2) is 0 Å². The van der Waals surface area contributed by atoms with Crippen molar-refractivity contribution in [2.24, 2.45) is 0 Å². The molecule has 0 heterocycles. The van der Waals surface area contributed by atoms with Crippen molar-refractivity contribution in [2.45, 2.75) is 59.0 Å². The van der Waals surface area contributed by atoms with E-state index in [-0.39, 0.29) is 13.2 Å². The third-order valence-electron chi connectivity index (χ3n) is 3.22. The molecule has 142 valence electrons. The summed E-state index contributed by atoms with van der Waals surface area (Å²) in [6.07, 6.45) is 0. The van der Waals surface area contributed by atoms with Gasteiger partial charge in [0.05, 0.1) is 13.2 Å². The zero-order chi connectivity index (χ0) is 19.1. The van der Waals surface area contributed by atoms with E-state index in [0.717, 1.165) is 5.56 Å². The summed E-state index contributed by atoms with van der Waals surface area (Å²) in [5, 5.41) is 3.08. The largest absolute Gasteiger partial charge is 0.459 e. The van der Waals surface area contributed by atoms with E-state index in [4.69, 9.17) is 13.8 Å². The molecule has 6 nitrogen and oxygen atoms in total. The molecule has 1 rings (SSSR count). The molecule has 0 aliphatic carbocycles. The van der Waals surface area contributed by atoms with E-state index in [9.17, 15) is 9.36 Å². The van der Waals surface area contributed by atoms with Crippen molar-refractivity contribution >= 4 is 13.6 Å². The van der Waals surface area contributed by atoms with E-state index in [1.54, 1.807) is 41.5 Å². The summed E-state index contributed by atoms with van der Waals surface area (Å²) < 4.78 is 29.7. The second kappa shape index (κ2) is 9.48. The first-order valence-electron chi connectivity index (χ1n) is 8.55. The van der Waals surface area contributed by atoms with Gasteiger partial charge in [-0.05, 0) is 47.1 Å². The Morgan fingerprint density at radius 1 is 1.12 bits per heavy atom. The molecule has 7 heteroatoms. The Bertz CT molecular complexity index is 575. The number of nitrogens with one attached hydrogen (secondary N) is 1. The standard InChI is InChI=1S/C18H30NO5P/c1-7-22-25(21,23-8-2)16(15-12-10-9-11-13-15)19-14(3)17(20)24-18(4,5)6/h9-14,16,19H,7-8H2,1-6H3. The van der Waals surface area contributed by atoms with Crippen molar-refractivity contribution in [3.8, 4) is 0 Å². The maximum Gasteiger partial charge on any atom is 0.351 e. The van der Waals surface area contributed by atoms with E-state index in [0.29, 0.717) is 0 Å². The lowest BCUT2D eigenvalue weighted by molar-refractivity contribution is -0.157. The molecule has 2 unspecified atom stereocenters. The number of carbonyl (C=O) groups is 1. The lowest BCUT2D eigenvalue weighted by Crippen LogP contribution is -2.41. The van der Waals surface area contributed by atoms with Crippen LogP contribution in [-0.4, -0.2) is 30.8 Å². The third kappa shape index (κ3) is 6.90. The predicted molar refractivity (Wildman–Crippen MR) is 98.5 cm³/mol. The second-order valence-electron chi connectivity index (χ2n) is 6.61. The topological polar surface area (TPSA) is 73.9 Å². The fraction of sp³-hybridized carbons (Fsp3) is 0.611. The van der Waals surface area contributed by atoms with E-state index in [2.05, 4.69) is 5.32 Å². The summed E-state index contributed by atoms with van der Waals surface area (Å²) in [5.41, 5.74) is 0.127. The first-order chi connectivity index (χ1) is 11.6. The average Bonchev–Trinajstić information content (AvgIpc) is 2.52. The molecule has 1 N–H and O–H groups in total. The fourth-order valence-corrected chi connectivity index (χ4v) is 4.28. The zero-order valence-electron chi connectivity index (χ0n) is 15.9. The SMILES string of the molecule is CCOP(=O)(OCC)C(NC(C)C(=O)OC(C)(C)C)c1ccccc1. The lowest BCUT2D eigenvalue weighted by Gasteiger charge is -2.30. The molecule has 2 atom stereocenters. The van der Waals surface area contributed by atoms with Gasteiger partial charge in [-0.2, -0.15) is 0 Å². The molecule has 0 aliphatic rings. The fourth-order valence-electron chi connectivity index (χ4n) is 2.25. The zero-order valence-corrected chi connectivity index (χ0v) is 16.8. The third-order valence-corrected chi connectivity index (χ3v) is 5.53. The van der Waals surface area contributed by atoms with Crippen LogP contribution in [0.5, 0.6) is 0 Å². The Morgan fingerprint density at radius 3 is 2.08 bits per heavy atom. The van der Waals surface area contributed by atoms with Crippen molar-refractivity contribution in [1.82, 2.24) is 5.32 Å². The molecule has 0 bridgehead atoms. The van der Waals surface area contributed by atoms with Gasteiger partial charge in [-0.1, -0.05) is 30.3 Å². The van der Waals surface area contributed by atoms with Crippen LogP contribution < -0.4 is 5.32 Å². The summed E-state index contributed by atoms with van der Waals surface area (Å²) >= 11 is 0. The summed E-state index contributed by atoms with van der Waals surface area (Å²) in [7, 11) is -3.52. The van der Waals surface area contributed by atoms with Gasteiger partial charge in [0.1, 0.15) is 17.4 Å². The van der Waals surface area contributed by atoms with E-state index >= 15 is 0 Å². The van der Waals surface area contributed by atoms with Crippen molar-refractivity contribution in [2.75, 3.05) is 13.2 Å². The Morgan fingerprint density at radius 2 is 1.64 bits per heavy atom. The van der Waals surface area contributed by atoms with Crippen LogP contribution in [0, 0.1) is 0 Å². The monoisotopic (exact) mass is 371 g/mol. The van der Waals surface area contributed by atoms with E-state index in [1.807, 2.05) is 30.3 Å². The minimum absolute atomic E-state index is 0.239. The van der Waals surface area contributed by atoms with Gasteiger partial charge >= 0.3 is 13.6 Å². The van der Waals surface area contributed by atoms with Gasteiger partial charge in [-0.25, -0.2) is 0 Å². The first kappa shape index (κ1) is 21.8. The smallest absolute Gasteiger partial charge is 0.351 e. The Kier molecular flexibility index (Phi) is 8.29. The minimum Gasteiger partial charge on any atom is -0.459 e. The minimum atomic E-state index is -3.52. The Hall–Kier alpha value is -1.20. The molecule has 0 amide bonds. The number of esters is 1. The van der Waals surface area contributed by atoms with Crippen LogP contribution in [0.25, 0.3) is 0 Å². The van der Waals surface area contributed by atoms with Crippen LogP contribution in [0.4, 0.5) is 0 Å². The van der Waals surface area contributed by atoms with Crippen LogP contribution in [0.3, 0.4) is 0 Å². The van der Waals surface area contributed by atoms with Crippen molar-refractivity contribution in [3.05, 3.63) is 35.9 Å². The van der Waals surface area contributed by atoms with Gasteiger partial charge in [-0.3, -0.25) is 14.7 Å². The van der Waals surface area contributed by atoms with Crippen LogP contribution in [-0.2, 0) is 23.1 Å². The Balaban J connectivity index is 3.11. The first-order valence-corrected chi connectivity index (χ1v) is 10.2. The van der Waals surface area contributed by atoms with Gasteiger partial charge in [0, 0.05) is 0 Å². The normalized spacial score (nSPS) is 14.8. The van der Waals surface area contributed by atoms with Crippen molar-refractivity contribution < 1.29 is 23.1 Å². The molecule has 1 aromatic rings. The second-order valence-corrected chi connectivity index (χ2v) is 8.72. The molecule has 1 aromatic carbocycles. The number of hydrogen-bond acceptors (Lipinski definition) is 6. The molecular formula is C18H30NO5P. The summed E-state index contributed by atoms with van der Waals surface area (Å²) in [5.74, 6) is -1.19. The van der Waals surface area contributed by atoms with E-state index in [1.165, 1.54) is 0 Å². The highest BCUT2D eigenvalue weighted by Gasteiger charge is 2.39. The lowest BCUT2D eigenvalue weighted by atomic mass is 10.2. The molecule has 0 spiro atoms.